The van der Waals surface area contributed by atoms with Crippen molar-refractivity contribution >= 4 is 31.0 Å². The van der Waals surface area contributed by atoms with Crippen LogP contribution in [-0.4, -0.2) is 22.6 Å². The highest BCUT2D eigenvalue weighted by atomic mass is 32.2. The number of hydrogen-bond acceptors (Lipinski definition) is 5. The third-order valence-electron chi connectivity index (χ3n) is 4.44. The van der Waals surface area contributed by atoms with Gasteiger partial charge in [0.05, 0.1) is 14.7 Å². The number of benzene rings is 2. The molecule has 7 heteroatoms. The molecule has 5 nitrogen and oxygen atoms in total. The number of sulfone groups is 2. The molecule has 0 radical (unpaired) electrons. The number of ketones is 1. The second-order valence-corrected chi connectivity index (χ2v) is 9.60. The Kier molecular flexibility index (Phi) is 3.20. The van der Waals surface area contributed by atoms with E-state index in [2.05, 4.69) is 0 Å². The van der Waals surface area contributed by atoms with Gasteiger partial charge < -0.3 is 0 Å². The first kappa shape index (κ1) is 16.0. The van der Waals surface area contributed by atoms with E-state index in [1.165, 1.54) is 24.3 Å². The fourth-order valence-corrected chi connectivity index (χ4v) is 6.61. The minimum absolute atomic E-state index is 0.0694. The predicted octanol–water partition coefficient (Wildman–Crippen LogP) is 2.76. The third kappa shape index (κ3) is 2.03. The Morgan fingerprint density at radius 2 is 1.28 bits per heavy atom. The van der Waals surface area contributed by atoms with Crippen LogP contribution in [0.4, 0.5) is 0 Å². The molecule has 0 fully saturated rings. The van der Waals surface area contributed by atoms with Crippen LogP contribution < -0.4 is 0 Å². The Hall–Kier alpha value is -2.51. The molecule has 0 atom stereocenters. The summed E-state index contributed by atoms with van der Waals surface area (Å²) in [4.78, 5) is 11.9. The van der Waals surface area contributed by atoms with Crippen LogP contribution in [0.1, 0.15) is 22.8 Å². The zero-order valence-electron chi connectivity index (χ0n) is 13.1. The van der Waals surface area contributed by atoms with Crippen LogP contribution in [-0.2, 0) is 19.7 Å². The number of rotatable bonds is 1. The summed E-state index contributed by atoms with van der Waals surface area (Å²) < 4.78 is 50.9. The molecular weight excluding hydrogens is 360 g/mol. The second kappa shape index (κ2) is 5.00. The molecule has 0 saturated carbocycles. The van der Waals surface area contributed by atoms with E-state index < -0.39 is 30.4 Å². The maximum absolute atomic E-state index is 12.8. The summed E-state index contributed by atoms with van der Waals surface area (Å²) in [6.07, 6.45) is 1.00. The molecular formula is C18H12O5S2. The van der Waals surface area contributed by atoms with Crippen molar-refractivity contribution in [3.8, 4) is 0 Å². The van der Waals surface area contributed by atoms with Crippen LogP contribution in [0.25, 0.3) is 5.57 Å². The largest absolute Gasteiger partial charge is 0.288 e. The van der Waals surface area contributed by atoms with E-state index in [1.54, 1.807) is 31.2 Å². The van der Waals surface area contributed by atoms with E-state index in [9.17, 15) is 21.6 Å². The Morgan fingerprint density at radius 3 is 1.84 bits per heavy atom. The first-order valence-electron chi connectivity index (χ1n) is 7.42. The summed E-state index contributed by atoms with van der Waals surface area (Å²) in [7, 11) is -7.89. The molecule has 2 aliphatic rings. The maximum Gasteiger partial charge on any atom is 0.211 e. The average molecular weight is 372 g/mol. The average Bonchev–Trinajstić information content (AvgIpc) is 2.90. The lowest BCUT2D eigenvalue weighted by Crippen LogP contribution is -2.06. The molecule has 4 rings (SSSR count). The van der Waals surface area contributed by atoms with Crippen molar-refractivity contribution < 1.29 is 21.6 Å². The fraction of sp³-hybridized carbons (Fsp3) is 0.0556. The summed E-state index contributed by atoms with van der Waals surface area (Å²) in [5.41, 5.74) is 1.02. The van der Waals surface area contributed by atoms with E-state index >= 15 is 0 Å². The SMILES string of the molecule is CC1=C(/C=C2\C(=O)c3ccccc3S2(=O)=O)S(=O)(=O)c2ccccc21. The molecule has 0 spiro atoms. The van der Waals surface area contributed by atoms with Crippen molar-refractivity contribution in [2.45, 2.75) is 16.7 Å². The Labute approximate surface area is 145 Å². The van der Waals surface area contributed by atoms with Gasteiger partial charge in [-0.25, -0.2) is 16.8 Å². The van der Waals surface area contributed by atoms with Gasteiger partial charge >= 0.3 is 0 Å². The van der Waals surface area contributed by atoms with Gasteiger partial charge in [0.25, 0.3) is 0 Å². The van der Waals surface area contributed by atoms with Crippen molar-refractivity contribution in [3.63, 3.8) is 0 Å². The van der Waals surface area contributed by atoms with E-state index in [4.69, 9.17) is 0 Å². The summed E-state index contributed by atoms with van der Waals surface area (Å²) in [5, 5.41) is 0. The van der Waals surface area contributed by atoms with Gasteiger partial charge in [-0.2, -0.15) is 0 Å². The molecule has 0 bridgehead atoms. The molecule has 0 N–H and O–H groups in total. The summed E-state index contributed by atoms with van der Waals surface area (Å²) in [6.45, 7) is 1.61. The summed E-state index contributed by atoms with van der Waals surface area (Å²) in [6, 6.07) is 12.3. The Morgan fingerprint density at radius 1 is 0.760 bits per heavy atom. The normalized spacial score (nSPS) is 21.5. The lowest BCUT2D eigenvalue weighted by Gasteiger charge is -2.01. The molecule has 2 aromatic carbocycles. The predicted molar refractivity (Wildman–Crippen MR) is 92.3 cm³/mol. The minimum Gasteiger partial charge on any atom is -0.288 e. The highest BCUT2D eigenvalue weighted by Crippen LogP contribution is 2.42. The van der Waals surface area contributed by atoms with E-state index in [1.807, 2.05) is 0 Å². The monoisotopic (exact) mass is 372 g/mol. The van der Waals surface area contributed by atoms with Gasteiger partial charge in [0.2, 0.25) is 25.5 Å². The van der Waals surface area contributed by atoms with Crippen LogP contribution in [0, 0.1) is 0 Å². The lowest BCUT2D eigenvalue weighted by molar-refractivity contribution is 0.104. The molecule has 0 aromatic heterocycles. The quantitative estimate of drug-likeness (QED) is 0.719. The van der Waals surface area contributed by atoms with Gasteiger partial charge in [-0.15, -0.1) is 0 Å². The first-order chi connectivity index (χ1) is 11.8. The highest BCUT2D eigenvalue weighted by molar-refractivity contribution is 7.97. The van der Waals surface area contributed by atoms with Gasteiger partial charge in [-0.1, -0.05) is 30.3 Å². The molecule has 0 unspecified atom stereocenters. The topological polar surface area (TPSA) is 85.3 Å². The van der Waals surface area contributed by atoms with Gasteiger partial charge in [-0.05, 0) is 42.3 Å². The number of hydrogen-bond donors (Lipinski definition) is 0. The number of fused-ring (bicyclic) bond motifs is 2. The van der Waals surface area contributed by atoms with Gasteiger partial charge in [0.1, 0.15) is 4.91 Å². The first-order valence-corrected chi connectivity index (χ1v) is 10.4. The number of allylic oxidation sites excluding steroid dienone is 3. The van der Waals surface area contributed by atoms with Gasteiger partial charge in [0.15, 0.2) is 0 Å². The number of Topliss-reactive ketones (excluding diaryl/α,β-unsaturated/α-hetero) is 1. The smallest absolute Gasteiger partial charge is 0.211 e. The van der Waals surface area contributed by atoms with E-state index in [0.29, 0.717) is 11.1 Å². The standard InChI is InChI=1S/C18H12O5S2/c1-11-12-6-2-4-8-14(12)24(20,21)16(11)10-17-18(19)13-7-3-5-9-15(13)25(17,22)23/h2-10H,1H3/b17-10+. The lowest BCUT2D eigenvalue weighted by atomic mass is 10.1. The molecule has 2 heterocycles. The minimum atomic E-state index is -4.03. The molecule has 2 aromatic rings. The van der Waals surface area contributed by atoms with Crippen molar-refractivity contribution in [1.82, 2.24) is 0 Å². The molecule has 0 saturated heterocycles. The van der Waals surface area contributed by atoms with Crippen molar-refractivity contribution in [2.24, 2.45) is 0 Å². The van der Waals surface area contributed by atoms with Gasteiger partial charge in [-0.3, -0.25) is 4.79 Å². The summed E-state index contributed by atoms with van der Waals surface area (Å²) >= 11 is 0. The van der Waals surface area contributed by atoms with E-state index in [0.717, 1.165) is 6.08 Å². The van der Waals surface area contributed by atoms with Crippen LogP contribution in [0.3, 0.4) is 0 Å². The fourth-order valence-electron chi connectivity index (χ4n) is 3.17. The van der Waals surface area contributed by atoms with Crippen LogP contribution in [0.2, 0.25) is 0 Å². The Balaban J connectivity index is 1.98. The zero-order chi connectivity index (χ0) is 18.0. The number of carbonyl (C=O) groups excluding carboxylic acids is 1. The van der Waals surface area contributed by atoms with Gasteiger partial charge in [0, 0.05) is 5.56 Å². The zero-order valence-corrected chi connectivity index (χ0v) is 14.7. The van der Waals surface area contributed by atoms with E-state index in [-0.39, 0.29) is 20.3 Å². The van der Waals surface area contributed by atoms with Crippen LogP contribution in [0.15, 0.2) is 74.2 Å². The molecule has 0 amide bonds. The van der Waals surface area contributed by atoms with Crippen molar-refractivity contribution in [2.75, 3.05) is 0 Å². The molecule has 2 aliphatic heterocycles. The third-order valence-corrected chi connectivity index (χ3v) is 8.19. The molecule has 25 heavy (non-hydrogen) atoms. The maximum atomic E-state index is 12.8. The summed E-state index contributed by atoms with van der Waals surface area (Å²) in [5.74, 6) is -0.679. The second-order valence-electron chi connectivity index (χ2n) is 5.83. The number of carbonyl (C=O) groups is 1. The Bertz CT molecular complexity index is 1230. The van der Waals surface area contributed by atoms with Crippen molar-refractivity contribution in [1.29, 1.82) is 0 Å². The van der Waals surface area contributed by atoms with Crippen molar-refractivity contribution in [3.05, 3.63) is 75.5 Å². The van der Waals surface area contributed by atoms with Crippen LogP contribution in [0.5, 0.6) is 0 Å². The molecule has 0 aliphatic carbocycles. The van der Waals surface area contributed by atoms with Crippen LogP contribution >= 0.6 is 0 Å². The highest BCUT2D eigenvalue weighted by Gasteiger charge is 2.41. The molecule has 126 valence electrons.